The van der Waals surface area contributed by atoms with Gasteiger partial charge in [-0.3, -0.25) is 14.4 Å². The number of ketones is 1. The van der Waals surface area contributed by atoms with Gasteiger partial charge in [-0.2, -0.15) is 10.2 Å². The molecule has 0 bridgehead atoms. The van der Waals surface area contributed by atoms with Gasteiger partial charge in [-0.1, -0.05) is 42.5 Å². The lowest BCUT2D eigenvalue weighted by Gasteiger charge is -2.34. The third-order valence-corrected chi connectivity index (χ3v) is 7.53. The highest BCUT2D eigenvalue weighted by Crippen LogP contribution is 2.32. The van der Waals surface area contributed by atoms with Crippen LogP contribution in [0.15, 0.2) is 67.1 Å². The summed E-state index contributed by atoms with van der Waals surface area (Å²) in [6.07, 6.45) is 5.52. The van der Waals surface area contributed by atoms with Crippen molar-refractivity contribution in [3.63, 3.8) is 0 Å². The molecule has 1 aliphatic rings. The molecule has 1 fully saturated rings. The normalized spacial score (nSPS) is 14.9. The summed E-state index contributed by atoms with van der Waals surface area (Å²) in [6, 6.07) is 18.9. The first-order chi connectivity index (χ1) is 19.0. The second-order valence-electron chi connectivity index (χ2n) is 10.5. The van der Waals surface area contributed by atoms with E-state index in [1.807, 2.05) is 15.3 Å². The van der Waals surface area contributed by atoms with Crippen molar-refractivity contribution in [2.75, 3.05) is 45.0 Å². The van der Waals surface area contributed by atoms with Crippen LogP contribution in [-0.4, -0.2) is 79.2 Å². The van der Waals surface area contributed by atoms with Gasteiger partial charge in [-0.25, -0.2) is 9.50 Å². The highest BCUT2D eigenvalue weighted by molar-refractivity contribution is 5.92. The Hall–Kier alpha value is -4.08. The summed E-state index contributed by atoms with van der Waals surface area (Å²) < 4.78 is 3.94. The van der Waals surface area contributed by atoms with E-state index >= 15 is 0 Å². The number of Topliss-reactive ketones (excluding diaryl/α,β-unsaturated/α-hetero) is 1. The molecule has 9 nitrogen and oxygen atoms in total. The van der Waals surface area contributed by atoms with Crippen LogP contribution in [0.4, 0.5) is 5.82 Å². The summed E-state index contributed by atoms with van der Waals surface area (Å²) >= 11 is 0. The van der Waals surface area contributed by atoms with Gasteiger partial charge in [-0.05, 0) is 49.6 Å². The van der Waals surface area contributed by atoms with Crippen molar-refractivity contribution in [3.05, 3.63) is 78.4 Å². The smallest absolute Gasteiger partial charge is 0.151 e. The maximum atomic E-state index is 11.4. The largest absolute Gasteiger partial charge is 0.382 e. The molecule has 4 heterocycles. The van der Waals surface area contributed by atoms with Crippen LogP contribution in [0.2, 0.25) is 0 Å². The lowest BCUT2D eigenvalue weighted by Crippen LogP contribution is -2.47. The van der Waals surface area contributed by atoms with Gasteiger partial charge in [-0.15, -0.1) is 0 Å². The first-order valence-electron chi connectivity index (χ1n) is 13.6. The highest BCUT2D eigenvalue weighted by Gasteiger charge is 2.19. The molecular formula is C30H34N8O. The zero-order valence-corrected chi connectivity index (χ0v) is 22.3. The summed E-state index contributed by atoms with van der Waals surface area (Å²) in [5.41, 5.74) is 12.6. The quantitative estimate of drug-likeness (QED) is 0.316. The van der Waals surface area contributed by atoms with Crippen LogP contribution in [0.1, 0.15) is 24.6 Å². The van der Waals surface area contributed by atoms with Crippen LogP contribution in [-0.2, 0) is 17.8 Å². The molecule has 0 radical (unpaired) electrons. The Morgan fingerprint density at radius 1 is 1.00 bits per heavy atom. The number of hydrogen-bond acceptors (Lipinski definition) is 7. The van der Waals surface area contributed by atoms with E-state index in [-0.39, 0.29) is 5.78 Å². The molecule has 0 unspecified atom stereocenters. The average molecular weight is 523 g/mol. The Labute approximate surface area is 227 Å². The van der Waals surface area contributed by atoms with Crippen molar-refractivity contribution in [3.8, 4) is 11.1 Å². The third kappa shape index (κ3) is 5.55. The summed E-state index contributed by atoms with van der Waals surface area (Å²) in [5.74, 6) is 0.711. The Balaban J connectivity index is 1.20. The summed E-state index contributed by atoms with van der Waals surface area (Å²) in [4.78, 5) is 20.4. The minimum absolute atomic E-state index is 0.236. The van der Waals surface area contributed by atoms with E-state index in [0.717, 1.165) is 85.4 Å². The Bertz CT molecular complexity index is 1600. The van der Waals surface area contributed by atoms with Crippen LogP contribution in [0.5, 0.6) is 0 Å². The van der Waals surface area contributed by atoms with E-state index < -0.39 is 0 Å². The predicted molar refractivity (Wildman–Crippen MR) is 154 cm³/mol. The number of carbonyl (C=O) groups excluding carboxylic acids is 1. The number of nitrogens with zero attached hydrogens (tertiary/aromatic N) is 7. The Morgan fingerprint density at radius 2 is 1.79 bits per heavy atom. The third-order valence-electron chi connectivity index (χ3n) is 7.53. The number of hydrogen-bond donors (Lipinski definition) is 1. The van der Waals surface area contributed by atoms with Crippen molar-refractivity contribution in [2.45, 2.75) is 26.3 Å². The first-order valence-corrected chi connectivity index (χ1v) is 13.6. The number of nitrogens with two attached hydrogens (primary N) is 1. The molecule has 6 rings (SSSR count). The first kappa shape index (κ1) is 25.2. The van der Waals surface area contributed by atoms with Crippen molar-refractivity contribution in [1.29, 1.82) is 0 Å². The molecule has 5 aromatic rings. The SMILES string of the molecule is CC(=O)CN1CCN(CCCc2cc(-c3ccc4cn(Cc5ccccc5)nc4c3)c3c(N)ncnn23)CC1. The van der Waals surface area contributed by atoms with Crippen molar-refractivity contribution in [2.24, 2.45) is 0 Å². The zero-order chi connectivity index (χ0) is 26.8. The van der Waals surface area contributed by atoms with Gasteiger partial charge in [0, 0.05) is 49.0 Å². The molecule has 1 saturated heterocycles. The topological polar surface area (TPSA) is 97.6 Å². The van der Waals surface area contributed by atoms with Gasteiger partial charge in [0.05, 0.1) is 18.6 Å². The second kappa shape index (κ2) is 11.0. The molecule has 1 aliphatic heterocycles. The predicted octanol–water partition coefficient (Wildman–Crippen LogP) is 3.52. The van der Waals surface area contributed by atoms with E-state index in [9.17, 15) is 4.79 Å². The lowest BCUT2D eigenvalue weighted by atomic mass is 10.0. The number of aryl methyl sites for hydroxylation is 1. The number of rotatable bonds is 9. The minimum Gasteiger partial charge on any atom is -0.382 e. The molecule has 0 spiro atoms. The number of nitrogen functional groups attached to an aromatic ring is 1. The van der Waals surface area contributed by atoms with Crippen LogP contribution in [0.25, 0.3) is 27.5 Å². The van der Waals surface area contributed by atoms with Gasteiger partial charge in [0.1, 0.15) is 17.6 Å². The van der Waals surface area contributed by atoms with E-state index in [1.54, 1.807) is 6.92 Å². The average Bonchev–Trinajstić information content (AvgIpc) is 3.51. The Kier molecular flexibility index (Phi) is 7.08. The molecule has 2 aromatic carbocycles. The van der Waals surface area contributed by atoms with Gasteiger partial charge < -0.3 is 10.6 Å². The number of benzene rings is 2. The van der Waals surface area contributed by atoms with E-state index in [4.69, 9.17) is 10.8 Å². The zero-order valence-electron chi connectivity index (χ0n) is 22.3. The van der Waals surface area contributed by atoms with E-state index in [1.165, 1.54) is 11.9 Å². The van der Waals surface area contributed by atoms with Gasteiger partial charge >= 0.3 is 0 Å². The number of carbonyl (C=O) groups is 1. The molecule has 0 saturated carbocycles. The summed E-state index contributed by atoms with van der Waals surface area (Å²) in [5, 5.41) is 10.5. The van der Waals surface area contributed by atoms with E-state index in [2.05, 4.69) is 74.6 Å². The van der Waals surface area contributed by atoms with Crippen LogP contribution in [0, 0.1) is 0 Å². The van der Waals surface area contributed by atoms with Gasteiger partial charge in [0.2, 0.25) is 0 Å². The molecule has 0 atom stereocenters. The van der Waals surface area contributed by atoms with E-state index in [0.29, 0.717) is 12.4 Å². The minimum atomic E-state index is 0.236. The fraction of sp³-hybridized carbons (Fsp3) is 0.333. The molecule has 2 N–H and O–H groups in total. The number of fused-ring (bicyclic) bond motifs is 2. The standard InChI is InChI=1S/C30H34N8O/c1-22(39)18-36-14-12-35(13-15-36)11-5-8-26-17-27(29-30(31)32-21-33-38(26)29)24-9-10-25-20-37(34-28(25)16-24)19-23-6-3-2-4-7-23/h2-4,6-7,9-10,16-17,20-21H,5,8,11-15,18-19H2,1H3,(H2,31,32,33). The number of aromatic nitrogens is 5. The molecule has 0 amide bonds. The molecule has 39 heavy (non-hydrogen) atoms. The second-order valence-corrected chi connectivity index (χ2v) is 10.5. The maximum Gasteiger partial charge on any atom is 0.151 e. The monoisotopic (exact) mass is 522 g/mol. The molecule has 200 valence electrons. The molecule has 3 aromatic heterocycles. The summed E-state index contributed by atoms with van der Waals surface area (Å²) in [6.45, 7) is 7.87. The Morgan fingerprint density at radius 3 is 2.59 bits per heavy atom. The number of piperazine rings is 1. The van der Waals surface area contributed by atoms with Crippen LogP contribution in [0.3, 0.4) is 0 Å². The lowest BCUT2D eigenvalue weighted by molar-refractivity contribution is -0.118. The van der Waals surface area contributed by atoms with Crippen molar-refractivity contribution >= 4 is 28.0 Å². The van der Waals surface area contributed by atoms with Crippen molar-refractivity contribution < 1.29 is 4.79 Å². The molecule has 0 aliphatic carbocycles. The fourth-order valence-corrected chi connectivity index (χ4v) is 5.59. The maximum absolute atomic E-state index is 11.4. The van der Waals surface area contributed by atoms with Crippen LogP contribution < -0.4 is 5.73 Å². The summed E-state index contributed by atoms with van der Waals surface area (Å²) in [7, 11) is 0. The molecule has 9 heteroatoms. The fourth-order valence-electron chi connectivity index (χ4n) is 5.59. The highest BCUT2D eigenvalue weighted by atomic mass is 16.1. The number of anilines is 1. The van der Waals surface area contributed by atoms with Gasteiger partial charge in [0.15, 0.2) is 5.82 Å². The van der Waals surface area contributed by atoms with Gasteiger partial charge in [0.25, 0.3) is 0 Å². The van der Waals surface area contributed by atoms with Crippen molar-refractivity contribution in [1.82, 2.24) is 34.2 Å². The van der Waals surface area contributed by atoms with Crippen LogP contribution >= 0.6 is 0 Å². The molecular weight excluding hydrogens is 488 g/mol.